The highest BCUT2D eigenvalue weighted by Gasteiger charge is 2.47. The first-order chi connectivity index (χ1) is 9.16. The van der Waals surface area contributed by atoms with E-state index < -0.39 is 0 Å². The minimum atomic E-state index is -0.186. The van der Waals surface area contributed by atoms with Crippen LogP contribution >= 0.6 is 0 Å². The first-order valence-electron chi connectivity index (χ1n) is 8.24. The molecule has 1 aliphatic rings. The highest BCUT2D eigenvalue weighted by Crippen LogP contribution is 2.49. The summed E-state index contributed by atoms with van der Waals surface area (Å²) in [6, 6.07) is 0. The molecule has 0 amide bonds. The zero-order chi connectivity index (χ0) is 14.3. The fourth-order valence-electron chi connectivity index (χ4n) is 4.48. The molecule has 0 heterocycles. The van der Waals surface area contributed by atoms with E-state index >= 15 is 0 Å². The molecule has 0 bridgehead atoms. The standard InChI is InChI=1S/C16H32O2Si/c1-4-11-16(12-5-2,15(17)18-19)14(6-3)13-9-7-8-10-13/h13-14H,4-12H2,1-3,19H3. The van der Waals surface area contributed by atoms with Gasteiger partial charge in [0.05, 0.1) is 5.41 Å². The molecule has 0 saturated heterocycles. The lowest BCUT2D eigenvalue weighted by Gasteiger charge is -2.41. The van der Waals surface area contributed by atoms with Crippen molar-refractivity contribution in [3.8, 4) is 0 Å². The molecule has 1 unspecified atom stereocenters. The Kier molecular flexibility index (Phi) is 7.12. The maximum atomic E-state index is 12.6. The van der Waals surface area contributed by atoms with Crippen molar-refractivity contribution in [3.63, 3.8) is 0 Å². The van der Waals surface area contributed by atoms with Crippen molar-refractivity contribution in [1.82, 2.24) is 0 Å². The predicted molar refractivity (Wildman–Crippen MR) is 84.0 cm³/mol. The van der Waals surface area contributed by atoms with Gasteiger partial charge in [0.15, 0.2) is 0 Å². The molecule has 1 fully saturated rings. The SMILES string of the molecule is CCCC(CCC)(C(=O)O[SiH3])C(CC)C1CCCC1. The van der Waals surface area contributed by atoms with Gasteiger partial charge in [-0.15, -0.1) is 0 Å². The predicted octanol–water partition coefficient (Wildman–Crippen LogP) is 3.61. The summed E-state index contributed by atoms with van der Waals surface area (Å²) in [7, 11) is 0.531. The van der Waals surface area contributed by atoms with Gasteiger partial charge in [0.2, 0.25) is 10.5 Å². The zero-order valence-electron chi connectivity index (χ0n) is 13.3. The Morgan fingerprint density at radius 3 is 2.11 bits per heavy atom. The van der Waals surface area contributed by atoms with E-state index in [0.717, 1.165) is 38.0 Å². The second-order valence-corrected chi connectivity index (χ2v) is 6.62. The van der Waals surface area contributed by atoms with Gasteiger partial charge in [0.1, 0.15) is 0 Å². The Balaban J connectivity index is 3.04. The topological polar surface area (TPSA) is 26.3 Å². The summed E-state index contributed by atoms with van der Waals surface area (Å²) in [5.74, 6) is 1.40. The molecule has 0 aromatic carbocycles. The molecule has 3 heteroatoms. The maximum absolute atomic E-state index is 12.6. The van der Waals surface area contributed by atoms with Crippen LogP contribution in [0.25, 0.3) is 0 Å². The van der Waals surface area contributed by atoms with Crippen LogP contribution in [-0.4, -0.2) is 16.5 Å². The lowest BCUT2D eigenvalue weighted by molar-refractivity contribution is -0.152. The van der Waals surface area contributed by atoms with Crippen LogP contribution in [-0.2, 0) is 9.22 Å². The molecule has 0 N–H and O–H groups in total. The van der Waals surface area contributed by atoms with E-state index in [2.05, 4.69) is 20.8 Å². The second-order valence-electron chi connectivity index (χ2n) is 6.21. The Morgan fingerprint density at radius 2 is 1.74 bits per heavy atom. The lowest BCUT2D eigenvalue weighted by Crippen LogP contribution is -2.42. The molecule has 0 aromatic heterocycles. The van der Waals surface area contributed by atoms with E-state index in [1.54, 1.807) is 0 Å². The molecule has 1 aliphatic carbocycles. The van der Waals surface area contributed by atoms with E-state index in [4.69, 9.17) is 4.43 Å². The molecule has 0 aromatic rings. The summed E-state index contributed by atoms with van der Waals surface area (Å²) in [4.78, 5) is 12.6. The van der Waals surface area contributed by atoms with Gasteiger partial charge in [-0.1, -0.05) is 65.7 Å². The minimum Gasteiger partial charge on any atom is -0.528 e. The van der Waals surface area contributed by atoms with Crippen LogP contribution in [0.4, 0.5) is 0 Å². The van der Waals surface area contributed by atoms with E-state index in [0.29, 0.717) is 16.4 Å². The fourth-order valence-corrected chi connectivity index (χ4v) is 4.89. The minimum absolute atomic E-state index is 0.113. The first-order valence-corrected chi connectivity index (χ1v) is 9.06. The van der Waals surface area contributed by atoms with E-state index in [1.807, 2.05) is 0 Å². The Bertz CT molecular complexity index is 266. The normalized spacial score (nSPS) is 18.7. The summed E-state index contributed by atoms with van der Waals surface area (Å²) in [5, 5.41) is 0. The fraction of sp³-hybridized carbons (Fsp3) is 0.938. The van der Waals surface area contributed by atoms with Crippen molar-refractivity contribution in [3.05, 3.63) is 0 Å². The van der Waals surface area contributed by atoms with Gasteiger partial charge in [-0.3, -0.25) is 4.79 Å². The molecule has 0 aliphatic heterocycles. The molecule has 1 saturated carbocycles. The Hall–Kier alpha value is -0.313. The van der Waals surface area contributed by atoms with E-state index in [1.165, 1.54) is 25.7 Å². The summed E-state index contributed by atoms with van der Waals surface area (Å²) in [5.41, 5.74) is -0.186. The number of hydrogen-bond donors (Lipinski definition) is 0. The number of carbonyl (C=O) groups excluding carboxylic acids is 1. The van der Waals surface area contributed by atoms with Crippen LogP contribution in [0.2, 0.25) is 0 Å². The van der Waals surface area contributed by atoms with Crippen molar-refractivity contribution in [2.45, 2.75) is 78.6 Å². The average Bonchev–Trinajstić information content (AvgIpc) is 2.92. The van der Waals surface area contributed by atoms with Crippen LogP contribution in [0.3, 0.4) is 0 Å². The smallest absolute Gasteiger partial charge is 0.298 e. The van der Waals surface area contributed by atoms with Gasteiger partial charge in [-0.25, -0.2) is 0 Å². The largest absolute Gasteiger partial charge is 0.528 e. The molecule has 2 nitrogen and oxygen atoms in total. The highest BCUT2D eigenvalue weighted by atomic mass is 28.2. The summed E-state index contributed by atoms with van der Waals surface area (Å²) >= 11 is 0. The van der Waals surface area contributed by atoms with Crippen LogP contribution in [0.15, 0.2) is 0 Å². The number of hydrogen-bond acceptors (Lipinski definition) is 2. The van der Waals surface area contributed by atoms with Gasteiger partial charge >= 0.3 is 0 Å². The third-order valence-corrected chi connectivity index (χ3v) is 5.47. The van der Waals surface area contributed by atoms with Crippen molar-refractivity contribution >= 4 is 16.5 Å². The van der Waals surface area contributed by atoms with Gasteiger partial charge in [0, 0.05) is 0 Å². The van der Waals surface area contributed by atoms with Gasteiger partial charge in [-0.2, -0.15) is 0 Å². The summed E-state index contributed by atoms with van der Waals surface area (Å²) in [6.45, 7) is 6.67. The van der Waals surface area contributed by atoms with Gasteiger partial charge in [0.25, 0.3) is 5.97 Å². The van der Waals surface area contributed by atoms with Crippen molar-refractivity contribution in [2.75, 3.05) is 0 Å². The van der Waals surface area contributed by atoms with Crippen LogP contribution < -0.4 is 0 Å². The van der Waals surface area contributed by atoms with Crippen LogP contribution in [0.5, 0.6) is 0 Å². The monoisotopic (exact) mass is 284 g/mol. The lowest BCUT2D eigenvalue weighted by atomic mass is 9.63. The Morgan fingerprint density at radius 1 is 1.21 bits per heavy atom. The van der Waals surface area contributed by atoms with Gasteiger partial charge < -0.3 is 4.43 Å². The van der Waals surface area contributed by atoms with Crippen molar-refractivity contribution in [2.24, 2.45) is 17.3 Å². The second kappa shape index (κ2) is 8.08. The van der Waals surface area contributed by atoms with Crippen molar-refractivity contribution in [1.29, 1.82) is 0 Å². The molecule has 0 radical (unpaired) electrons. The van der Waals surface area contributed by atoms with Crippen LogP contribution in [0, 0.1) is 17.3 Å². The summed E-state index contributed by atoms with van der Waals surface area (Å²) in [6.07, 6.45) is 10.7. The molecule has 1 rings (SSSR count). The molecule has 19 heavy (non-hydrogen) atoms. The number of carbonyl (C=O) groups is 1. The molecule has 112 valence electrons. The van der Waals surface area contributed by atoms with Gasteiger partial charge in [-0.05, 0) is 24.7 Å². The summed E-state index contributed by atoms with van der Waals surface area (Å²) < 4.78 is 5.36. The third-order valence-electron chi connectivity index (χ3n) is 5.10. The molecular weight excluding hydrogens is 252 g/mol. The van der Waals surface area contributed by atoms with Crippen LogP contribution in [0.1, 0.15) is 78.6 Å². The molecule has 0 spiro atoms. The maximum Gasteiger partial charge on any atom is 0.298 e. The molecular formula is C16H32O2Si. The van der Waals surface area contributed by atoms with E-state index in [-0.39, 0.29) is 11.4 Å². The Labute approximate surface area is 122 Å². The average molecular weight is 285 g/mol. The van der Waals surface area contributed by atoms with Crippen molar-refractivity contribution < 1.29 is 9.22 Å². The highest BCUT2D eigenvalue weighted by molar-refractivity contribution is 6.06. The zero-order valence-corrected chi connectivity index (χ0v) is 15.3. The van der Waals surface area contributed by atoms with E-state index in [9.17, 15) is 4.79 Å². The first kappa shape index (κ1) is 16.7. The number of rotatable bonds is 8. The third kappa shape index (κ3) is 3.62. The quantitative estimate of drug-likeness (QED) is 0.636. The molecule has 1 atom stereocenters.